The van der Waals surface area contributed by atoms with E-state index >= 15 is 0 Å². The number of thioether (sulfide) groups is 1. The summed E-state index contributed by atoms with van der Waals surface area (Å²) >= 11 is 7.62. The largest absolute Gasteiger partial charge is 0.486 e. The van der Waals surface area contributed by atoms with Crippen LogP contribution < -0.4 is 4.74 Å². The number of nitrogens with zero attached hydrogens (tertiary/aromatic N) is 3. The molecule has 3 aromatic rings. The molecule has 0 aliphatic heterocycles. The summed E-state index contributed by atoms with van der Waals surface area (Å²) in [5.41, 5.74) is 3.19. The van der Waals surface area contributed by atoms with Crippen LogP contribution in [0.1, 0.15) is 29.4 Å². The quantitative estimate of drug-likeness (QED) is 0.481. The fraction of sp³-hybridized carbons (Fsp3) is 0.300. The molecule has 4 nitrogen and oxygen atoms in total. The van der Waals surface area contributed by atoms with Gasteiger partial charge in [-0.3, -0.25) is 0 Å². The molecule has 1 aromatic heterocycles. The second kappa shape index (κ2) is 8.76. The zero-order chi connectivity index (χ0) is 19.4. The number of ether oxygens (including phenoxy) is 1. The molecule has 0 aliphatic rings. The summed E-state index contributed by atoms with van der Waals surface area (Å²) in [4.78, 5) is 0. The summed E-state index contributed by atoms with van der Waals surface area (Å²) in [5.74, 6) is 1.85. The number of benzene rings is 2. The van der Waals surface area contributed by atoms with Gasteiger partial charge < -0.3 is 9.30 Å². The molecule has 1 heterocycles. The molecule has 2 aromatic carbocycles. The first-order valence-electron chi connectivity index (χ1n) is 8.66. The van der Waals surface area contributed by atoms with Crippen molar-refractivity contribution in [3.63, 3.8) is 0 Å². The molecule has 0 atom stereocenters. The standard InChI is InChI=1S/C20H21ClFN3OS/c1-4-25-19(11-26-17-8-13(2)7-14(3)9-17)23-24-20(25)27-12-15-5-6-16(22)10-18(15)21/h5-10H,4,11-12H2,1-3H3. The number of rotatable bonds is 7. The molecule has 27 heavy (non-hydrogen) atoms. The van der Waals surface area contributed by atoms with Crippen LogP contribution in [0, 0.1) is 19.7 Å². The highest BCUT2D eigenvalue weighted by atomic mass is 35.5. The van der Waals surface area contributed by atoms with Crippen molar-refractivity contribution in [2.24, 2.45) is 0 Å². The van der Waals surface area contributed by atoms with Crippen LogP contribution in [0.5, 0.6) is 5.75 Å². The molecule has 0 N–H and O–H groups in total. The van der Waals surface area contributed by atoms with Crippen molar-refractivity contribution in [1.29, 1.82) is 0 Å². The van der Waals surface area contributed by atoms with E-state index in [0.29, 0.717) is 17.4 Å². The zero-order valence-electron chi connectivity index (χ0n) is 15.5. The van der Waals surface area contributed by atoms with E-state index in [-0.39, 0.29) is 5.82 Å². The molecule has 0 saturated heterocycles. The highest BCUT2D eigenvalue weighted by Crippen LogP contribution is 2.27. The summed E-state index contributed by atoms with van der Waals surface area (Å²) in [6.07, 6.45) is 0. The van der Waals surface area contributed by atoms with E-state index in [2.05, 4.69) is 16.3 Å². The SMILES string of the molecule is CCn1c(COc2cc(C)cc(C)c2)nnc1SCc1ccc(F)cc1Cl. The van der Waals surface area contributed by atoms with Crippen LogP contribution in [0.25, 0.3) is 0 Å². The Kier molecular flexibility index (Phi) is 6.39. The van der Waals surface area contributed by atoms with Crippen LogP contribution in [0.3, 0.4) is 0 Å². The summed E-state index contributed by atoms with van der Waals surface area (Å²) in [5, 5.41) is 9.75. The average Bonchev–Trinajstić information content (AvgIpc) is 3.00. The minimum Gasteiger partial charge on any atom is -0.486 e. The normalized spacial score (nSPS) is 11.0. The van der Waals surface area contributed by atoms with Gasteiger partial charge in [-0.1, -0.05) is 35.5 Å². The molecule has 0 fully saturated rings. The van der Waals surface area contributed by atoms with E-state index in [1.807, 2.05) is 37.5 Å². The van der Waals surface area contributed by atoms with Crippen molar-refractivity contribution in [2.45, 2.75) is 44.8 Å². The lowest BCUT2D eigenvalue weighted by Gasteiger charge is -2.10. The Labute approximate surface area is 167 Å². The van der Waals surface area contributed by atoms with Crippen molar-refractivity contribution < 1.29 is 9.13 Å². The Morgan fingerprint density at radius 3 is 2.52 bits per heavy atom. The van der Waals surface area contributed by atoms with Crippen molar-refractivity contribution in [3.05, 3.63) is 69.8 Å². The highest BCUT2D eigenvalue weighted by Gasteiger charge is 2.13. The van der Waals surface area contributed by atoms with Crippen LogP contribution in [-0.4, -0.2) is 14.8 Å². The molecule has 0 saturated carbocycles. The van der Waals surface area contributed by atoms with Gasteiger partial charge in [-0.05, 0) is 61.7 Å². The number of hydrogen-bond acceptors (Lipinski definition) is 4. The Hall–Kier alpha value is -2.05. The predicted octanol–water partition coefficient (Wildman–Crippen LogP) is 5.58. The first-order valence-corrected chi connectivity index (χ1v) is 10.0. The molecular weight excluding hydrogens is 385 g/mol. The second-order valence-corrected chi connectivity index (χ2v) is 7.63. The van der Waals surface area contributed by atoms with E-state index in [1.54, 1.807) is 6.07 Å². The zero-order valence-corrected chi connectivity index (χ0v) is 17.1. The Morgan fingerprint density at radius 2 is 1.85 bits per heavy atom. The maximum Gasteiger partial charge on any atom is 0.191 e. The van der Waals surface area contributed by atoms with E-state index in [4.69, 9.17) is 16.3 Å². The first-order chi connectivity index (χ1) is 13.0. The number of halogens is 2. The van der Waals surface area contributed by atoms with Gasteiger partial charge in [0.05, 0.1) is 0 Å². The molecule has 0 bridgehead atoms. The van der Waals surface area contributed by atoms with Gasteiger partial charge in [0.2, 0.25) is 0 Å². The Bertz CT molecular complexity index is 925. The van der Waals surface area contributed by atoms with Gasteiger partial charge in [0.25, 0.3) is 0 Å². The van der Waals surface area contributed by atoms with E-state index in [1.165, 1.54) is 23.9 Å². The van der Waals surface area contributed by atoms with Crippen LogP contribution in [-0.2, 0) is 18.9 Å². The van der Waals surface area contributed by atoms with Gasteiger partial charge >= 0.3 is 0 Å². The Balaban J connectivity index is 1.68. The van der Waals surface area contributed by atoms with Crippen LogP contribution >= 0.6 is 23.4 Å². The first kappa shape index (κ1) is 19.7. The minimum absolute atomic E-state index is 0.337. The summed E-state index contributed by atoms with van der Waals surface area (Å²) in [7, 11) is 0. The maximum absolute atomic E-state index is 13.2. The van der Waals surface area contributed by atoms with E-state index in [9.17, 15) is 4.39 Å². The Morgan fingerprint density at radius 1 is 1.11 bits per heavy atom. The number of hydrogen-bond donors (Lipinski definition) is 0. The third-order valence-corrected chi connectivity index (χ3v) is 5.41. The maximum atomic E-state index is 13.2. The molecule has 0 unspecified atom stereocenters. The highest BCUT2D eigenvalue weighted by molar-refractivity contribution is 7.98. The minimum atomic E-state index is -0.337. The van der Waals surface area contributed by atoms with Crippen LogP contribution in [0.15, 0.2) is 41.6 Å². The molecule has 0 aliphatic carbocycles. The predicted molar refractivity (Wildman–Crippen MR) is 107 cm³/mol. The summed E-state index contributed by atoms with van der Waals surface area (Å²) in [6, 6.07) is 10.6. The number of aryl methyl sites for hydroxylation is 2. The summed E-state index contributed by atoms with van der Waals surface area (Å²) in [6.45, 7) is 7.21. The van der Waals surface area contributed by atoms with Crippen LogP contribution in [0.2, 0.25) is 5.02 Å². The lowest BCUT2D eigenvalue weighted by molar-refractivity contribution is 0.288. The average molecular weight is 406 g/mol. The molecule has 0 radical (unpaired) electrons. The lowest BCUT2D eigenvalue weighted by Crippen LogP contribution is -2.07. The molecule has 7 heteroatoms. The molecular formula is C20H21ClFN3OS. The fourth-order valence-corrected chi connectivity index (χ4v) is 4.13. The van der Waals surface area contributed by atoms with Crippen molar-refractivity contribution in [1.82, 2.24) is 14.8 Å². The lowest BCUT2D eigenvalue weighted by atomic mass is 10.1. The molecule has 0 amide bonds. The van der Waals surface area contributed by atoms with Gasteiger partial charge in [0, 0.05) is 17.3 Å². The summed E-state index contributed by atoms with van der Waals surface area (Å²) < 4.78 is 21.1. The van der Waals surface area contributed by atoms with Gasteiger partial charge in [-0.25, -0.2) is 4.39 Å². The monoisotopic (exact) mass is 405 g/mol. The van der Waals surface area contributed by atoms with E-state index < -0.39 is 0 Å². The van der Waals surface area contributed by atoms with Crippen molar-refractivity contribution >= 4 is 23.4 Å². The second-order valence-electron chi connectivity index (χ2n) is 6.28. The molecule has 0 spiro atoms. The topological polar surface area (TPSA) is 39.9 Å². The smallest absolute Gasteiger partial charge is 0.191 e. The molecule has 142 valence electrons. The van der Waals surface area contributed by atoms with Gasteiger partial charge in [-0.2, -0.15) is 0 Å². The fourth-order valence-electron chi connectivity index (χ4n) is 2.80. The van der Waals surface area contributed by atoms with Gasteiger partial charge in [-0.15, -0.1) is 10.2 Å². The molecule has 3 rings (SSSR count). The van der Waals surface area contributed by atoms with Crippen molar-refractivity contribution in [2.75, 3.05) is 0 Å². The number of aromatic nitrogens is 3. The van der Waals surface area contributed by atoms with Crippen molar-refractivity contribution in [3.8, 4) is 5.75 Å². The van der Waals surface area contributed by atoms with Gasteiger partial charge in [0.15, 0.2) is 11.0 Å². The third-order valence-electron chi connectivity index (χ3n) is 4.04. The van der Waals surface area contributed by atoms with E-state index in [0.717, 1.165) is 40.0 Å². The van der Waals surface area contributed by atoms with Crippen LogP contribution in [0.4, 0.5) is 4.39 Å². The van der Waals surface area contributed by atoms with Gasteiger partial charge in [0.1, 0.15) is 18.2 Å². The third kappa shape index (κ3) is 5.02.